The van der Waals surface area contributed by atoms with Gasteiger partial charge in [-0.1, -0.05) is 33.6 Å². The summed E-state index contributed by atoms with van der Waals surface area (Å²) in [6.45, 7) is 0.659. The summed E-state index contributed by atoms with van der Waals surface area (Å²) in [5, 5.41) is 4.11. The minimum absolute atomic E-state index is 0.142. The molecule has 0 aliphatic heterocycles. The van der Waals surface area contributed by atoms with Crippen molar-refractivity contribution in [2.45, 2.75) is 0 Å². The Morgan fingerprint density at radius 2 is 2.33 bits per heavy atom. The summed E-state index contributed by atoms with van der Waals surface area (Å²) < 4.78 is 0. The summed E-state index contributed by atoms with van der Waals surface area (Å²) in [6.07, 6.45) is 0. The molecule has 0 aliphatic rings. The molecule has 0 aliphatic carbocycles. The molecule has 5 heteroatoms. The van der Waals surface area contributed by atoms with Crippen LogP contribution in [-0.2, 0) is 0 Å². The van der Waals surface area contributed by atoms with E-state index in [2.05, 4.69) is 21.2 Å². The van der Waals surface area contributed by atoms with Crippen molar-refractivity contribution in [2.75, 3.05) is 24.2 Å². The zero-order valence-corrected chi connectivity index (χ0v) is 10.7. The second kappa shape index (κ2) is 5.98. The van der Waals surface area contributed by atoms with Gasteiger partial charge in [0.1, 0.15) is 0 Å². The largest absolute Gasteiger partial charge is 0.327 e. The van der Waals surface area contributed by atoms with Crippen molar-refractivity contribution in [1.82, 2.24) is 4.90 Å². The number of anilines is 1. The molecule has 1 aromatic rings. The topological polar surface area (TPSA) is 32.3 Å². The molecular weight excluding hydrogens is 279 g/mol. The summed E-state index contributed by atoms with van der Waals surface area (Å²) in [5.41, 5.74) is 0.703. The minimum atomic E-state index is -0.142. The Labute approximate surface area is 103 Å². The molecule has 3 nitrogen and oxygen atoms in total. The number of carbonyl (C=O) groups is 1. The fourth-order valence-corrected chi connectivity index (χ4v) is 1.74. The van der Waals surface area contributed by atoms with Crippen molar-refractivity contribution in [3.8, 4) is 0 Å². The van der Waals surface area contributed by atoms with E-state index in [9.17, 15) is 4.79 Å². The molecule has 0 fully saturated rings. The number of nitrogens with one attached hydrogen (secondary N) is 1. The van der Waals surface area contributed by atoms with Gasteiger partial charge in [0.25, 0.3) is 0 Å². The molecule has 2 amide bonds. The van der Waals surface area contributed by atoms with Gasteiger partial charge in [-0.15, -0.1) is 0 Å². The monoisotopic (exact) mass is 290 g/mol. The highest BCUT2D eigenvalue weighted by Crippen LogP contribution is 2.15. The molecule has 0 saturated carbocycles. The molecule has 15 heavy (non-hydrogen) atoms. The third kappa shape index (κ3) is 4.10. The summed E-state index contributed by atoms with van der Waals surface area (Å²) in [7, 11) is 1.74. The molecule has 0 heterocycles. The van der Waals surface area contributed by atoms with Crippen molar-refractivity contribution in [3.05, 3.63) is 29.3 Å². The van der Waals surface area contributed by atoms with Gasteiger partial charge >= 0.3 is 6.03 Å². The number of urea groups is 1. The van der Waals surface area contributed by atoms with Crippen molar-refractivity contribution in [2.24, 2.45) is 0 Å². The highest BCUT2D eigenvalue weighted by molar-refractivity contribution is 9.09. The van der Waals surface area contributed by atoms with E-state index >= 15 is 0 Å². The van der Waals surface area contributed by atoms with Crippen molar-refractivity contribution < 1.29 is 4.79 Å². The second-order valence-corrected chi connectivity index (χ2v) is 4.28. The number of hydrogen-bond acceptors (Lipinski definition) is 1. The number of alkyl halides is 1. The second-order valence-electron chi connectivity index (χ2n) is 3.05. The molecule has 0 bridgehead atoms. The van der Waals surface area contributed by atoms with Gasteiger partial charge in [0, 0.05) is 29.6 Å². The third-order valence-electron chi connectivity index (χ3n) is 1.84. The normalized spacial score (nSPS) is 9.80. The SMILES string of the molecule is CN(CCBr)C(=O)Nc1cccc(Cl)c1. The molecule has 82 valence electrons. The lowest BCUT2D eigenvalue weighted by Gasteiger charge is -2.16. The molecule has 1 N–H and O–H groups in total. The Bertz CT molecular complexity index is 346. The number of nitrogens with zero attached hydrogens (tertiary/aromatic N) is 1. The van der Waals surface area contributed by atoms with E-state index in [0.29, 0.717) is 17.3 Å². The standard InChI is InChI=1S/C10H12BrClN2O/c1-14(6-5-11)10(15)13-9-4-2-3-8(12)7-9/h2-4,7H,5-6H2,1H3,(H,13,15). The fourth-order valence-electron chi connectivity index (χ4n) is 1.01. The van der Waals surface area contributed by atoms with Gasteiger partial charge in [0.15, 0.2) is 0 Å². The molecular formula is C10H12BrClN2O. The Hall–Kier alpha value is -0.740. The summed E-state index contributed by atoms with van der Waals surface area (Å²) in [5.74, 6) is 0. The first kappa shape index (κ1) is 12.3. The maximum atomic E-state index is 11.6. The number of benzene rings is 1. The van der Waals surface area contributed by atoms with E-state index in [1.54, 1.807) is 36.2 Å². The Kier molecular flexibility index (Phi) is 4.91. The lowest BCUT2D eigenvalue weighted by molar-refractivity contribution is 0.225. The Morgan fingerprint density at radius 1 is 1.60 bits per heavy atom. The van der Waals surface area contributed by atoms with E-state index < -0.39 is 0 Å². The maximum Gasteiger partial charge on any atom is 0.321 e. The zero-order chi connectivity index (χ0) is 11.3. The lowest BCUT2D eigenvalue weighted by atomic mass is 10.3. The third-order valence-corrected chi connectivity index (χ3v) is 2.43. The van der Waals surface area contributed by atoms with Gasteiger partial charge in [0.05, 0.1) is 0 Å². The van der Waals surface area contributed by atoms with Crippen LogP contribution in [-0.4, -0.2) is 29.9 Å². The average Bonchev–Trinajstić information content (AvgIpc) is 2.18. The van der Waals surface area contributed by atoms with Crippen LogP contribution in [0.2, 0.25) is 5.02 Å². The van der Waals surface area contributed by atoms with Crippen LogP contribution < -0.4 is 5.32 Å². The van der Waals surface area contributed by atoms with Crippen LogP contribution in [0.1, 0.15) is 0 Å². The molecule has 1 aromatic carbocycles. The highest BCUT2D eigenvalue weighted by atomic mass is 79.9. The van der Waals surface area contributed by atoms with Crippen LogP contribution in [0.5, 0.6) is 0 Å². The van der Waals surface area contributed by atoms with Crippen LogP contribution in [0.15, 0.2) is 24.3 Å². The first-order valence-corrected chi connectivity index (χ1v) is 5.97. The van der Waals surface area contributed by atoms with E-state index in [1.807, 2.05) is 0 Å². The van der Waals surface area contributed by atoms with Gasteiger partial charge in [-0.05, 0) is 18.2 Å². The van der Waals surface area contributed by atoms with Gasteiger partial charge in [0.2, 0.25) is 0 Å². The summed E-state index contributed by atoms with van der Waals surface area (Å²) in [4.78, 5) is 13.2. The molecule has 0 radical (unpaired) electrons. The van der Waals surface area contributed by atoms with Gasteiger partial charge in [-0.2, -0.15) is 0 Å². The van der Waals surface area contributed by atoms with Gasteiger partial charge in [-0.25, -0.2) is 4.79 Å². The van der Waals surface area contributed by atoms with Crippen LogP contribution in [0.25, 0.3) is 0 Å². The number of amides is 2. The van der Waals surface area contributed by atoms with Crippen LogP contribution in [0.4, 0.5) is 10.5 Å². The van der Waals surface area contributed by atoms with Crippen molar-refractivity contribution >= 4 is 39.2 Å². The quantitative estimate of drug-likeness (QED) is 0.852. The minimum Gasteiger partial charge on any atom is -0.327 e. The predicted octanol–water partition coefficient (Wildman–Crippen LogP) is 3.20. The molecule has 0 spiro atoms. The number of hydrogen-bond donors (Lipinski definition) is 1. The maximum absolute atomic E-state index is 11.6. The number of rotatable bonds is 3. The molecule has 0 aromatic heterocycles. The molecule has 0 saturated heterocycles. The van der Waals surface area contributed by atoms with Gasteiger partial charge in [-0.3, -0.25) is 0 Å². The Balaban J connectivity index is 2.58. The fraction of sp³-hybridized carbons (Fsp3) is 0.300. The van der Waals surface area contributed by atoms with E-state index in [4.69, 9.17) is 11.6 Å². The lowest BCUT2D eigenvalue weighted by Crippen LogP contribution is -2.32. The van der Waals surface area contributed by atoms with E-state index in [0.717, 1.165) is 5.33 Å². The molecule has 1 rings (SSSR count). The number of halogens is 2. The van der Waals surface area contributed by atoms with Gasteiger partial charge < -0.3 is 10.2 Å². The predicted molar refractivity (Wildman–Crippen MR) is 66.9 cm³/mol. The molecule has 0 unspecified atom stereocenters. The van der Waals surface area contributed by atoms with Crippen molar-refractivity contribution in [1.29, 1.82) is 0 Å². The average molecular weight is 292 g/mol. The summed E-state index contributed by atoms with van der Waals surface area (Å²) >= 11 is 9.07. The van der Waals surface area contributed by atoms with Crippen molar-refractivity contribution in [3.63, 3.8) is 0 Å². The molecule has 0 atom stereocenters. The smallest absolute Gasteiger partial charge is 0.321 e. The van der Waals surface area contributed by atoms with Crippen LogP contribution in [0, 0.1) is 0 Å². The first-order chi connectivity index (χ1) is 7.13. The Morgan fingerprint density at radius 3 is 2.93 bits per heavy atom. The van der Waals surface area contributed by atoms with Crippen LogP contribution >= 0.6 is 27.5 Å². The zero-order valence-electron chi connectivity index (χ0n) is 8.34. The highest BCUT2D eigenvalue weighted by Gasteiger charge is 2.07. The summed E-state index contributed by atoms with van der Waals surface area (Å²) in [6, 6.07) is 6.92. The van der Waals surface area contributed by atoms with Crippen LogP contribution in [0.3, 0.4) is 0 Å². The number of carbonyl (C=O) groups excluding carboxylic acids is 1. The van der Waals surface area contributed by atoms with E-state index in [1.165, 1.54) is 0 Å². The first-order valence-electron chi connectivity index (χ1n) is 4.47. The van der Waals surface area contributed by atoms with E-state index in [-0.39, 0.29) is 6.03 Å².